The van der Waals surface area contributed by atoms with Crippen LogP contribution in [0.3, 0.4) is 0 Å². The van der Waals surface area contributed by atoms with Gasteiger partial charge in [-0.25, -0.2) is 4.98 Å². The molecule has 2 aliphatic heterocycles. The summed E-state index contributed by atoms with van der Waals surface area (Å²) in [4.78, 5) is 20.9. The number of carbonyl (C=O) groups excluding carboxylic acids is 1. The van der Waals surface area contributed by atoms with E-state index in [9.17, 15) is 18.0 Å². The molecular formula is C23H22F3N5O2. The average Bonchev–Trinajstić information content (AvgIpc) is 3.34. The van der Waals surface area contributed by atoms with Gasteiger partial charge in [0.1, 0.15) is 6.10 Å². The fourth-order valence-corrected chi connectivity index (χ4v) is 4.97. The average molecular weight is 457 g/mol. The van der Waals surface area contributed by atoms with Crippen LogP contribution in [0.2, 0.25) is 0 Å². The van der Waals surface area contributed by atoms with E-state index in [1.54, 1.807) is 30.6 Å². The van der Waals surface area contributed by atoms with Gasteiger partial charge in [-0.2, -0.15) is 28.2 Å². The molecule has 0 radical (unpaired) electrons. The van der Waals surface area contributed by atoms with Crippen LogP contribution in [-0.4, -0.2) is 49.0 Å². The summed E-state index contributed by atoms with van der Waals surface area (Å²) in [7, 11) is 0. The van der Waals surface area contributed by atoms with Crippen LogP contribution in [0.1, 0.15) is 42.1 Å². The topological polar surface area (TPSA) is 73.1 Å². The van der Waals surface area contributed by atoms with Crippen LogP contribution >= 0.6 is 0 Å². The Morgan fingerprint density at radius 1 is 1.09 bits per heavy atom. The highest BCUT2D eigenvalue weighted by molar-refractivity contribution is 5.98. The summed E-state index contributed by atoms with van der Waals surface area (Å²) in [6.45, 7) is 2.04. The second-order valence-corrected chi connectivity index (χ2v) is 8.47. The number of nitrogens with zero attached hydrogens (tertiary/aromatic N) is 5. The van der Waals surface area contributed by atoms with Gasteiger partial charge in [0, 0.05) is 18.3 Å². The summed E-state index contributed by atoms with van der Waals surface area (Å²) >= 11 is 0. The van der Waals surface area contributed by atoms with Gasteiger partial charge >= 0.3 is 6.18 Å². The van der Waals surface area contributed by atoms with Gasteiger partial charge < -0.3 is 9.64 Å². The smallest absolute Gasteiger partial charge is 0.417 e. The largest absolute Gasteiger partial charge is 0.472 e. The number of fused-ring (bicyclic) bond motifs is 3. The number of alkyl halides is 3. The molecule has 3 fully saturated rings. The van der Waals surface area contributed by atoms with E-state index in [1.807, 2.05) is 17.9 Å². The summed E-state index contributed by atoms with van der Waals surface area (Å²) in [6, 6.07) is 9.16. The number of ether oxygens (including phenoxy) is 1. The molecule has 6 rings (SSSR count). The number of aromatic nitrogens is 4. The first-order valence-electron chi connectivity index (χ1n) is 10.8. The molecule has 0 N–H and O–H groups in total. The van der Waals surface area contributed by atoms with Crippen LogP contribution in [0.4, 0.5) is 13.2 Å². The van der Waals surface area contributed by atoms with Crippen molar-refractivity contribution in [2.75, 3.05) is 0 Å². The van der Waals surface area contributed by atoms with E-state index in [1.165, 1.54) is 10.9 Å². The first-order valence-corrected chi connectivity index (χ1v) is 10.8. The fraction of sp³-hybridized carbons (Fsp3) is 0.391. The molecule has 1 saturated carbocycles. The van der Waals surface area contributed by atoms with Gasteiger partial charge in [0.15, 0.2) is 0 Å². The van der Waals surface area contributed by atoms with Crippen molar-refractivity contribution < 1.29 is 22.7 Å². The van der Waals surface area contributed by atoms with Gasteiger partial charge in [0.2, 0.25) is 5.88 Å². The lowest BCUT2D eigenvalue weighted by Gasteiger charge is -2.53. The molecule has 2 saturated heterocycles. The Labute approximate surface area is 188 Å². The van der Waals surface area contributed by atoms with E-state index in [0.717, 1.165) is 31.5 Å². The van der Waals surface area contributed by atoms with Crippen LogP contribution in [0.25, 0.3) is 5.69 Å². The number of benzene rings is 1. The maximum Gasteiger partial charge on any atom is 0.417 e. The zero-order valence-electron chi connectivity index (χ0n) is 17.8. The molecular weight excluding hydrogens is 435 g/mol. The molecule has 0 spiro atoms. The lowest BCUT2D eigenvalue weighted by atomic mass is 9.73. The Bertz CT molecular complexity index is 1130. The van der Waals surface area contributed by atoms with Crippen molar-refractivity contribution >= 4 is 5.91 Å². The minimum Gasteiger partial charge on any atom is -0.472 e. The van der Waals surface area contributed by atoms with Crippen molar-refractivity contribution in [1.29, 1.82) is 0 Å². The number of hydrogen-bond acceptors (Lipinski definition) is 5. The molecule has 3 aliphatic rings. The summed E-state index contributed by atoms with van der Waals surface area (Å²) in [5.74, 6) is 0.217. The third-order valence-corrected chi connectivity index (χ3v) is 6.61. The maximum absolute atomic E-state index is 13.7. The summed E-state index contributed by atoms with van der Waals surface area (Å²) < 4.78 is 44.6. The van der Waals surface area contributed by atoms with Crippen LogP contribution in [0.15, 0.2) is 55.0 Å². The highest BCUT2D eigenvalue weighted by Gasteiger charge is 2.49. The van der Waals surface area contributed by atoms with Gasteiger partial charge in [-0.05, 0) is 50.3 Å². The predicted molar refractivity (Wildman–Crippen MR) is 112 cm³/mol. The van der Waals surface area contributed by atoms with Crippen molar-refractivity contribution in [2.24, 2.45) is 5.92 Å². The van der Waals surface area contributed by atoms with Gasteiger partial charge in [-0.1, -0.05) is 12.1 Å². The lowest BCUT2D eigenvalue weighted by Crippen LogP contribution is -2.63. The number of hydrogen-bond donors (Lipinski definition) is 0. The quantitative estimate of drug-likeness (QED) is 0.589. The van der Waals surface area contributed by atoms with Crippen molar-refractivity contribution in [3.63, 3.8) is 0 Å². The van der Waals surface area contributed by atoms with Gasteiger partial charge in [-0.3, -0.25) is 4.79 Å². The molecule has 3 aromatic rings. The number of carbonyl (C=O) groups is 1. The SMILES string of the molecule is C[C@@H]1[C@@H]2CC[C@@H]([C@H](Oc3ccc(C(F)(F)F)cn3)C2)N1C(=O)c1ccccc1-n1nccn1. The second-order valence-electron chi connectivity index (χ2n) is 8.47. The maximum atomic E-state index is 13.7. The molecule has 10 heteroatoms. The lowest BCUT2D eigenvalue weighted by molar-refractivity contribution is -0.137. The Morgan fingerprint density at radius 2 is 1.85 bits per heavy atom. The summed E-state index contributed by atoms with van der Waals surface area (Å²) in [5.41, 5.74) is 0.247. The Hall–Kier alpha value is -3.43. The molecule has 4 heterocycles. The van der Waals surface area contributed by atoms with Crippen LogP contribution in [0, 0.1) is 5.92 Å². The molecule has 7 nitrogen and oxygen atoms in total. The minimum atomic E-state index is -4.45. The van der Waals surface area contributed by atoms with E-state index < -0.39 is 11.7 Å². The molecule has 172 valence electrons. The van der Waals surface area contributed by atoms with E-state index in [2.05, 4.69) is 15.2 Å². The van der Waals surface area contributed by atoms with Crippen molar-refractivity contribution in [1.82, 2.24) is 24.9 Å². The highest BCUT2D eigenvalue weighted by Crippen LogP contribution is 2.42. The number of amides is 1. The molecule has 1 aliphatic carbocycles. The number of para-hydroxylation sites is 1. The number of pyridine rings is 1. The Morgan fingerprint density at radius 3 is 2.55 bits per heavy atom. The van der Waals surface area contributed by atoms with E-state index >= 15 is 0 Å². The van der Waals surface area contributed by atoms with Crippen molar-refractivity contribution in [3.8, 4) is 11.6 Å². The Balaban J connectivity index is 1.41. The van der Waals surface area contributed by atoms with Gasteiger partial charge in [-0.15, -0.1) is 0 Å². The van der Waals surface area contributed by atoms with Crippen LogP contribution < -0.4 is 4.74 Å². The highest BCUT2D eigenvalue weighted by atomic mass is 19.4. The third kappa shape index (κ3) is 3.94. The number of rotatable bonds is 4. The molecule has 1 aromatic carbocycles. The number of halogens is 3. The standard InChI is InChI=1S/C23H22F3N5O2/c1-14-15-6-8-19(20(12-15)33-21-9-7-16(13-27-21)23(24,25)26)30(14)22(32)17-4-2-3-5-18(17)31-28-10-11-29-31/h2-5,7,9-11,13-15,19-20H,6,8,12H2,1H3/t14-,15-,19+,20-/m1/s1. The van der Waals surface area contributed by atoms with E-state index in [4.69, 9.17) is 4.74 Å². The van der Waals surface area contributed by atoms with Crippen molar-refractivity contribution in [2.45, 2.75) is 50.6 Å². The van der Waals surface area contributed by atoms with Crippen LogP contribution in [0.5, 0.6) is 5.88 Å². The minimum absolute atomic E-state index is 0.00954. The predicted octanol–water partition coefficient (Wildman–Crippen LogP) is 4.14. The van der Waals surface area contributed by atoms with Crippen molar-refractivity contribution in [3.05, 3.63) is 66.1 Å². The van der Waals surface area contributed by atoms with E-state index in [-0.39, 0.29) is 35.9 Å². The van der Waals surface area contributed by atoms with Gasteiger partial charge in [0.25, 0.3) is 5.91 Å². The zero-order chi connectivity index (χ0) is 23.2. The first-order chi connectivity index (χ1) is 15.8. The third-order valence-electron chi connectivity index (χ3n) is 6.61. The second kappa shape index (κ2) is 8.17. The fourth-order valence-electron chi connectivity index (χ4n) is 4.97. The van der Waals surface area contributed by atoms with Crippen LogP contribution in [-0.2, 0) is 6.18 Å². The summed E-state index contributed by atoms with van der Waals surface area (Å²) in [5, 5.41) is 8.32. The molecule has 2 bridgehead atoms. The zero-order valence-corrected chi connectivity index (χ0v) is 17.8. The molecule has 0 unspecified atom stereocenters. The summed E-state index contributed by atoms with van der Waals surface area (Å²) in [6.07, 6.45) is 1.53. The monoisotopic (exact) mass is 457 g/mol. The first kappa shape index (κ1) is 21.4. The molecule has 1 amide bonds. The molecule has 2 aromatic heterocycles. The molecule has 4 atom stereocenters. The molecule has 33 heavy (non-hydrogen) atoms. The van der Waals surface area contributed by atoms with Gasteiger partial charge in [0.05, 0.1) is 35.2 Å². The Kier molecular flexibility index (Phi) is 5.30. The van der Waals surface area contributed by atoms with E-state index in [0.29, 0.717) is 11.3 Å². The number of piperidine rings is 2. The normalized spacial score (nSPS) is 24.7.